The molecule has 4 aliphatic rings. The molecule has 4 heterocycles. The number of amides is 1. The van der Waals surface area contributed by atoms with Gasteiger partial charge in [-0.1, -0.05) is 70.6 Å². The second kappa shape index (κ2) is 28.9. The highest BCUT2D eigenvalue weighted by Crippen LogP contribution is 2.38. The number of nitrogens with zero attached hydrogens (tertiary/aromatic N) is 3. The number of esters is 1. The molecule has 0 aromatic carbocycles. The van der Waals surface area contributed by atoms with E-state index in [1.807, 2.05) is 44.2 Å². The second-order valence-electron chi connectivity index (χ2n) is 21.8. The number of allylic oxidation sites excluding steroid dienone is 5. The Morgan fingerprint density at radius 2 is 1.59 bits per heavy atom. The van der Waals surface area contributed by atoms with E-state index in [0.29, 0.717) is 75.6 Å². The summed E-state index contributed by atoms with van der Waals surface area (Å²) in [5, 5.41) is 60.9. The van der Waals surface area contributed by atoms with Crippen LogP contribution in [0.2, 0.25) is 0 Å². The van der Waals surface area contributed by atoms with Crippen molar-refractivity contribution in [1.82, 2.24) is 20.2 Å². The van der Waals surface area contributed by atoms with Gasteiger partial charge in [-0.05, 0) is 102 Å². The molecule has 1 amide bonds. The standard InChI is InChI=1S/C56H87N5O14/c1-32-15-11-10-12-16-33(2)46(71-8)27-41-20-18-37(6)56(70,75-41)52(66)53(67)61-22-14-13-17-43(61)54(68)73-47(28-44(62)34(3)24-36(5)50(64)51(65)49(63)35(4)23-32)42(57)25-39-19-21-45(48(26-39)72-9)74-55(69)60-31-40-29-58-38(7)59-30-40/h10-12,15-16,24,29-30,32,34-35,37,39,41-48,50-51,53,62,64-65,67,70H,13-14,17-23,25-28,31,57H2,1-9H3,(H,60,69)/b12-10+,15-11+,33-16+,36-24+/t32-,34-,35?,37-,39+,41+,42-,43+,44-,45-,46+,47+,48-,50-,51+,53?,56-/m1/s1. The molecule has 19 heteroatoms. The number of fused-ring (bicyclic) bond motifs is 3. The number of ketones is 2. The summed E-state index contributed by atoms with van der Waals surface area (Å²) in [5.74, 6) is -6.13. The van der Waals surface area contributed by atoms with Crippen molar-refractivity contribution in [2.75, 3.05) is 20.8 Å². The quantitative estimate of drug-likeness (QED) is 0.136. The third-order valence-corrected chi connectivity index (χ3v) is 15.8. The van der Waals surface area contributed by atoms with Crippen LogP contribution in [0.4, 0.5) is 4.79 Å². The number of cyclic esters (lactones) is 1. The van der Waals surface area contributed by atoms with Crippen molar-refractivity contribution in [2.24, 2.45) is 35.3 Å². The molecule has 3 fully saturated rings. The fourth-order valence-corrected chi connectivity index (χ4v) is 10.9. The summed E-state index contributed by atoms with van der Waals surface area (Å²) in [7, 11) is 3.11. The number of methoxy groups -OCH3 is 2. The van der Waals surface area contributed by atoms with E-state index in [2.05, 4.69) is 15.3 Å². The number of nitrogens with two attached hydrogens (primary N) is 1. The number of Topliss-reactive ketones (excluding diaryl/α,β-unsaturated/α-hetero) is 2. The fourth-order valence-electron chi connectivity index (χ4n) is 10.9. The zero-order valence-corrected chi connectivity index (χ0v) is 45.6. The third kappa shape index (κ3) is 17.1. The molecule has 5 rings (SSSR count). The molecule has 19 nitrogen and oxygen atoms in total. The van der Waals surface area contributed by atoms with E-state index in [0.717, 1.165) is 5.57 Å². The van der Waals surface area contributed by atoms with Gasteiger partial charge in [0.05, 0.1) is 24.4 Å². The summed E-state index contributed by atoms with van der Waals surface area (Å²) >= 11 is 0. The first kappa shape index (κ1) is 61.6. The van der Waals surface area contributed by atoms with Crippen LogP contribution in [0.1, 0.15) is 130 Å². The van der Waals surface area contributed by atoms with Crippen molar-refractivity contribution in [3.63, 3.8) is 0 Å². The van der Waals surface area contributed by atoms with Crippen LogP contribution in [-0.2, 0) is 44.6 Å². The SMILES string of the molecule is CO[C@H]1C[C@@H]2CC[C@@H](C)[C@@](O)(O2)C(=O)C(O)N2CCCC[C@H]2C(=O)O[C@H]([C@H](N)C[C@@H]2CC[C@@H](OC(=O)NCc3cnc(C)nc3)[C@H](OC)C2)C[C@@H](O)[C@H](C)/C=C(\C)[C@@H](O)[C@@H](O)C(=O)C(C)C[C@H](C)/C=C/C=C/C=C/1C. The van der Waals surface area contributed by atoms with Crippen molar-refractivity contribution < 1.29 is 68.4 Å². The number of carbonyl (C=O) groups excluding carboxylic acids is 4. The van der Waals surface area contributed by atoms with Gasteiger partial charge in [0.25, 0.3) is 0 Å². The number of aliphatic hydroxyl groups is 5. The first-order valence-electron chi connectivity index (χ1n) is 27.0. The van der Waals surface area contributed by atoms with Crippen molar-refractivity contribution >= 4 is 23.6 Å². The minimum atomic E-state index is -2.37. The molecule has 17 atom stereocenters. The minimum Gasteiger partial charge on any atom is -0.459 e. The van der Waals surface area contributed by atoms with Gasteiger partial charge >= 0.3 is 12.1 Å². The van der Waals surface area contributed by atoms with Crippen LogP contribution < -0.4 is 11.1 Å². The van der Waals surface area contributed by atoms with E-state index in [-0.39, 0.29) is 43.3 Å². The summed E-state index contributed by atoms with van der Waals surface area (Å²) in [6.07, 6.45) is 8.69. The molecule has 1 saturated carbocycles. The molecule has 420 valence electrons. The number of carbonyl (C=O) groups is 4. The monoisotopic (exact) mass is 1050 g/mol. The number of aromatic nitrogens is 2. The summed E-state index contributed by atoms with van der Waals surface area (Å²) in [4.78, 5) is 64.9. The normalized spacial score (nSPS) is 38.6. The Morgan fingerprint density at radius 3 is 2.28 bits per heavy atom. The van der Waals surface area contributed by atoms with Crippen molar-refractivity contribution in [3.8, 4) is 0 Å². The number of hydrogen-bond acceptors (Lipinski definition) is 18. The molecule has 75 heavy (non-hydrogen) atoms. The number of nitrogens with one attached hydrogen (secondary N) is 1. The van der Waals surface area contributed by atoms with Crippen LogP contribution in [0.15, 0.2) is 60.0 Å². The summed E-state index contributed by atoms with van der Waals surface area (Å²) < 4.78 is 30.0. The second-order valence-corrected chi connectivity index (χ2v) is 21.8. The number of piperidine rings is 1. The minimum absolute atomic E-state index is 0.0484. The molecule has 2 unspecified atom stereocenters. The Morgan fingerprint density at radius 1 is 0.867 bits per heavy atom. The predicted octanol–water partition coefficient (Wildman–Crippen LogP) is 4.83. The van der Waals surface area contributed by atoms with Crippen LogP contribution in [-0.4, -0.2) is 158 Å². The molecule has 1 aromatic rings. The lowest BCUT2D eigenvalue weighted by molar-refractivity contribution is -0.275. The molecule has 0 spiro atoms. The molecule has 1 aromatic heterocycles. The van der Waals surface area contributed by atoms with Crippen LogP contribution in [0.5, 0.6) is 0 Å². The highest BCUT2D eigenvalue weighted by molar-refractivity contribution is 5.90. The van der Waals surface area contributed by atoms with Gasteiger partial charge in [0.15, 0.2) is 12.0 Å². The molecular formula is C56H87N5O14. The largest absolute Gasteiger partial charge is 0.459 e. The zero-order chi connectivity index (χ0) is 55.1. The summed E-state index contributed by atoms with van der Waals surface area (Å²) in [5.41, 5.74) is 8.84. The van der Waals surface area contributed by atoms with Gasteiger partial charge in [0.1, 0.15) is 36.3 Å². The number of aryl methyl sites for hydroxylation is 1. The Kier molecular flexibility index (Phi) is 23.7. The van der Waals surface area contributed by atoms with E-state index < -0.39 is 114 Å². The number of aliphatic hydroxyl groups excluding tert-OH is 4. The number of rotatable bonds is 8. The van der Waals surface area contributed by atoms with Gasteiger partial charge < -0.3 is 60.3 Å². The third-order valence-electron chi connectivity index (χ3n) is 15.8. The number of hydrogen-bond donors (Lipinski definition) is 7. The Balaban J connectivity index is 1.40. The Labute approximate surface area is 443 Å². The first-order valence-corrected chi connectivity index (χ1v) is 27.0. The van der Waals surface area contributed by atoms with Crippen molar-refractivity contribution in [3.05, 3.63) is 71.4 Å². The lowest BCUT2D eigenvalue weighted by Gasteiger charge is -2.45. The lowest BCUT2D eigenvalue weighted by Crippen LogP contribution is -2.62. The number of ether oxygens (including phenoxy) is 5. The van der Waals surface area contributed by atoms with Crippen LogP contribution in [0.3, 0.4) is 0 Å². The zero-order valence-electron chi connectivity index (χ0n) is 45.6. The maximum absolute atomic E-state index is 14.6. The van der Waals surface area contributed by atoms with Gasteiger partial charge in [-0.25, -0.2) is 14.8 Å². The topological polar surface area (TPSA) is 283 Å². The van der Waals surface area contributed by atoms with E-state index in [9.17, 15) is 44.7 Å². The van der Waals surface area contributed by atoms with Gasteiger partial charge in [-0.3, -0.25) is 19.3 Å². The average Bonchev–Trinajstić information content (AvgIpc) is 3.39. The smallest absolute Gasteiger partial charge is 0.407 e. The van der Waals surface area contributed by atoms with E-state index in [4.69, 9.17) is 29.4 Å². The molecule has 8 N–H and O–H groups in total. The maximum atomic E-state index is 14.6. The lowest BCUT2D eigenvalue weighted by atomic mass is 9.80. The van der Waals surface area contributed by atoms with E-state index in [1.54, 1.807) is 60.2 Å². The van der Waals surface area contributed by atoms with Gasteiger partial charge in [-0.15, -0.1) is 0 Å². The Bertz CT molecular complexity index is 2150. The first-order chi connectivity index (χ1) is 35.6. The van der Waals surface area contributed by atoms with Crippen LogP contribution in [0, 0.1) is 36.5 Å². The molecule has 0 radical (unpaired) electrons. The Hall–Kier alpha value is -4.28. The highest BCUT2D eigenvalue weighted by Gasteiger charge is 2.53. The van der Waals surface area contributed by atoms with Crippen molar-refractivity contribution in [1.29, 1.82) is 0 Å². The molecule has 2 bridgehead atoms. The predicted molar refractivity (Wildman–Crippen MR) is 279 cm³/mol. The van der Waals surface area contributed by atoms with Gasteiger partial charge in [-0.2, -0.15) is 0 Å². The summed E-state index contributed by atoms with van der Waals surface area (Å²) in [6.45, 7) is 12.6. The fraction of sp³-hybridized carbons (Fsp3) is 0.714. The number of alkyl carbamates (subject to hydrolysis) is 1. The van der Waals surface area contributed by atoms with Crippen molar-refractivity contribution in [2.45, 2.75) is 205 Å². The van der Waals surface area contributed by atoms with Crippen LogP contribution >= 0.6 is 0 Å². The maximum Gasteiger partial charge on any atom is 0.407 e. The molecule has 3 aliphatic heterocycles. The van der Waals surface area contributed by atoms with Gasteiger partial charge in [0.2, 0.25) is 11.6 Å². The molecule has 2 saturated heterocycles. The van der Waals surface area contributed by atoms with E-state index in [1.165, 1.54) is 12.0 Å². The van der Waals surface area contributed by atoms with Gasteiger partial charge in [0, 0.05) is 81.9 Å². The molecular weight excluding hydrogens is 967 g/mol. The average molecular weight is 1050 g/mol. The van der Waals surface area contributed by atoms with E-state index >= 15 is 0 Å². The molecule has 1 aliphatic carbocycles. The highest BCUT2D eigenvalue weighted by atomic mass is 16.6. The summed E-state index contributed by atoms with van der Waals surface area (Å²) in [6, 6.07) is -1.97. The van der Waals surface area contributed by atoms with Crippen LogP contribution in [0.25, 0.3) is 0 Å².